The molecule has 2 atom stereocenters. The molecule has 1 saturated heterocycles. The first-order valence-corrected chi connectivity index (χ1v) is 5.14. The molecule has 1 fully saturated rings. The first-order valence-electron chi connectivity index (χ1n) is 5.14. The van der Waals surface area contributed by atoms with E-state index in [2.05, 4.69) is 16.4 Å². The summed E-state index contributed by atoms with van der Waals surface area (Å²) >= 11 is 0. The summed E-state index contributed by atoms with van der Waals surface area (Å²) in [4.78, 5) is 11.0. The molecule has 7 heteroatoms. The Labute approximate surface area is 96.7 Å². The number of hydrogen-bond donors (Lipinski definition) is 4. The summed E-state index contributed by atoms with van der Waals surface area (Å²) in [6, 6.07) is 4.29. The third-order valence-electron chi connectivity index (χ3n) is 2.81. The van der Waals surface area contributed by atoms with Gasteiger partial charge in [-0.05, 0) is 17.7 Å². The van der Waals surface area contributed by atoms with Crippen molar-refractivity contribution in [3.63, 3.8) is 0 Å². The van der Waals surface area contributed by atoms with Crippen LogP contribution in [0.2, 0.25) is 0 Å². The Kier molecular flexibility index (Phi) is 2.36. The molecule has 2 unspecified atom stereocenters. The van der Waals surface area contributed by atoms with E-state index in [1.807, 2.05) is 6.07 Å². The van der Waals surface area contributed by atoms with Crippen LogP contribution in [0.5, 0.6) is 11.5 Å². The van der Waals surface area contributed by atoms with Crippen LogP contribution in [-0.4, -0.2) is 23.9 Å². The SMILES string of the molecule is O=C(O)C1NNNC1c1ccc2c(c1)OCO2. The number of carboxylic acid groups (broad SMARTS) is 1. The summed E-state index contributed by atoms with van der Waals surface area (Å²) in [5.74, 6) is 0.394. The second kappa shape index (κ2) is 3.88. The number of nitrogens with one attached hydrogen (secondary N) is 3. The Morgan fingerprint density at radius 1 is 1.29 bits per heavy atom. The molecule has 90 valence electrons. The summed E-state index contributed by atoms with van der Waals surface area (Å²) in [6.45, 7) is 0.204. The normalized spacial score (nSPS) is 26.1. The molecule has 0 saturated carbocycles. The highest BCUT2D eigenvalue weighted by atomic mass is 16.7. The minimum atomic E-state index is -0.926. The van der Waals surface area contributed by atoms with Crippen LogP contribution < -0.4 is 25.9 Å². The maximum Gasteiger partial charge on any atom is 0.324 e. The van der Waals surface area contributed by atoms with Gasteiger partial charge in [-0.2, -0.15) is 5.53 Å². The number of benzene rings is 1. The fraction of sp³-hybridized carbons (Fsp3) is 0.300. The molecular weight excluding hydrogens is 226 g/mol. The van der Waals surface area contributed by atoms with Gasteiger partial charge in [0, 0.05) is 0 Å². The minimum absolute atomic E-state index is 0.204. The van der Waals surface area contributed by atoms with Gasteiger partial charge in [0.25, 0.3) is 0 Å². The van der Waals surface area contributed by atoms with E-state index in [4.69, 9.17) is 14.6 Å². The second-order valence-electron chi connectivity index (χ2n) is 3.82. The predicted octanol–water partition coefficient (Wildman–Crippen LogP) is -0.478. The lowest BCUT2D eigenvalue weighted by atomic mass is 10.0. The quantitative estimate of drug-likeness (QED) is 0.552. The molecule has 1 aromatic rings. The zero-order chi connectivity index (χ0) is 11.8. The van der Waals surface area contributed by atoms with Crippen LogP contribution in [0.4, 0.5) is 0 Å². The van der Waals surface area contributed by atoms with Crippen molar-refractivity contribution < 1.29 is 19.4 Å². The molecule has 1 aromatic carbocycles. The third-order valence-corrected chi connectivity index (χ3v) is 2.81. The first-order chi connectivity index (χ1) is 8.25. The van der Waals surface area contributed by atoms with Crippen molar-refractivity contribution in [3.8, 4) is 11.5 Å². The van der Waals surface area contributed by atoms with E-state index >= 15 is 0 Å². The van der Waals surface area contributed by atoms with Crippen LogP contribution in [0.3, 0.4) is 0 Å². The summed E-state index contributed by atoms with van der Waals surface area (Å²) < 4.78 is 10.5. The van der Waals surface area contributed by atoms with Crippen molar-refractivity contribution >= 4 is 5.97 Å². The van der Waals surface area contributed by atoms with Crippen LogP contribution >= 0.6 is 0 Å². The third kappa shape index (κ3) is 1.70. The number of carboxylic acids is 1. The smallest absolute Gasteiger partial charge is 0.324 e. The molecule has 0 aromatic heterocycles. The molecule has 0 radical (unpaired) electrons. The average Bonchev–Trinajstić information content (AvgIpc) is 2.96. The Hall–Kier alpha value is -1.83. The topological polar surface area (TPSA) is 91.9 Å². The maximum atomic E-state index is 11.0. The van der Waals surface area contributed by atoms with Crippen molar-refractivity contribution in [3.05, 3.63) is 23.8 Å². The van der Waals surface area contributed by atoms with Gasteiger partial charge in [-0.3, -0.25) is 4.79 Å². The molecule has 4 N–H and O–H groups in total. The molecule has 0 amide bonds. The lowest BCUT2D eigenvalue weighted by Crippen LogP contribution is -2.38. The van der Waals surface area contributed by atoms with Gasteiger partial charge in [-0.25, -0.2) is 10.9 Å². The number of carbonyl (C=O) groups is 1. The highest BCUT2D eigenvalue weighted by Gasteiger charge is 2.34. The van der Waals surface area contributed by atoms with Gasteiger partial charge in [-0.15, -0.1) is 0 Å². The van der Waals surface area contributed by atoms with Crippen LogP contribution in [0.15, 0.2) is 18.2 Å². The lowest BCUT2D eigenvalue weighted by Gasteiger charge is -2.14. The minimum Gasteiger partial charge on any atom is -0.480 e. The van der Waals surface area contributed by atoms with Gasteiger partial charge >= 0.3 is 5.97 Å². The maximum absolute atomic E-state index is 11.0. The first kappa shape index (κ1) is 10.3. The number of ether oxygens (including phenoxy) is 2. The van der Waals surface area contributed by atoms with E-state index in [0.717, 1.165) is 5.56 Å². The number of aliphatic carboxylic acids is 1. The monoisotopic (exact) mass is 237 g/mol. The zero-order valence-electron chi connectivity index (χ0n) is 8.77. The van der Waals surface area contributed by atoms with E-state index < -0.39 is 12.0 Å². The molecule has 17 heavy (non-hydrogen) atoms. The fourth-order valence-corrected chi connectivity index (χ4v) is 1.95. The van der Waals surface area contributed by atoms with Crippen LogP contribution in [0, 0.1) is 0 Å². The van der Waals surface area contributed by atoms with E-state index in [0.29, 0.717) is 11.5 Å². The van der Waals surface area contributed by atoms with Crippen molar-refractivity contribution in [2.75, 3.05) is 6.79 Å². The molecule has 0 bridgehead atoms. The van der Waals surface area contributed by atoms with Crippen LogP contribution in [-0.2, 0) is 4.79 Å². The molecule has 0 aliphatic carbocycles. The van der Waals surface area contributed by atoms with Crippen molar-refractivity contribution in [1.82, 2.24) is 16.4 Å². The molecule has 2 aliphatic rings. The number of hydrazine groups is 2. The Morgan fingerprint density at radius 3 is 2.94 bits per heavy atom. The molecule has 7 nitrogen and oxygen atoms in total. The molecule has 2 heterocycles. The largest absolute Gasteiger partial charge is 0.480 e. The summed E-state index contributed by atoms with van der Waals surface area (Å²) in [5.41, 5.74) is 8.93. The van der Waals surface area contributed by atoms with Crippen LogP contribution in [0.25, 0.3) is 0 Å². The number of hydrogen-bond acceptors (Lipinski definition) is 6. The van der Waals surface area contributed by atoms with E-state index in [9.17, 15) is 4.79 Å². The van der Waals surface area contributed by atoms with Crippen molar-refractivity contribution in [2.24, 2.45) is 0 Å². The van der Waals surface area contributed by atoms with Gasteiger partial charge < -0.3 is 14.6 Å². The number of fused-ring (bicyclic) bond motifs is 1. The van der Waals surface area contributed by atoms with E-state index in [-0.39, 0.29) is 12.8 Å². The fourth-order valence-electron chi connectivity index (χ4n) is 1.95. The summed E-state index contributed by atoms with van der Waals surface area (Å²) in [5, 5.41) is 9.04. The van der Waals surface area contributed by atoms with Gasteiger partial charge in [0.2, 0.25) is 6.79 Å². The summed E-state index contributed by atoms with van der Waals surface area (Å²) in [6.07, 6.45) is 0. The molecule has 0 spiro atoms. The highest BCUT2D eigenvalue weighted by Crippen LogP contribution is 2.35. The van der Waals surface area contributed by atoms with Crippen molar-refractivity contribution in [2.45, 2.75) is 12.1 Å². The van der Waals surface area contributed by atoms with Gasteiger partial charge in [0.15, 0.2) is 11.5 Å². The van der Waals surface area contributed by atoms with Crippen LogP contribution in [0.1, 0.15) is 11.6 Å². The zero-order valence-corrected chi connectivity index (χ0v) is 8.77. The van der Waals surface area contributed by atoms with E-state index in [1.54, 1.807) is 12.1 Å². The Morgan fingerprint density at radius 2 is 2.12 bits per heavy atom. The average molecular weight is 237 g/mol. The van der Waals surface area contributed by atoms with Gasteiger partial charge in [0.05, 0.1) is 6.04 Å². The standard InChI is InChI=1S/C10H11N3O4/c14-10(15)9-8(11-13-12-9)5-1-2-6-7(3-5)17-4-16-6/h1-3,8-9,11-13H,4H2,(H,14,15). The predicted molar refractivity (Wildman–Crippen MR) is 56.1 cm³/mol. The summed E-state index contributed by atoms with van der Waals surface area (Å²) in [7, 11) is 0. The van der Waals surface area contributed by atoms with Gasteiger partial charge in [0.1, 0.15) is 6.04 Å². The Bertz CT molecular complexity index is 465. The Balaban J connectivity index is 1.91. The van der Waals surface area contributed by atoms with Crippen molar-refractivity contribution in [1.29, 1.82) is 0 Å². The number of rotatable bonds is 2. The molecular formula is C10H11N3O4. The molecule has 2 aliphatic heterocycles. The highest BCUT2D eigenvalue weighted by molar-refractivity contribution is 5.75. The molecule has 3 rings (SSSR count). The second-order valence-corrected chi connectivity index (χ2v) is 3.82. The lowest BCUT2D eigenvalue weighted by molar-refractivity contribution is -0.139. The van der Waals surface area contributed by atoms with E-state index in [1.165, 1.54) is 0 Å². The van der Waals surface area contributed by atoms with Gasteiger partial charge in [-0.1, -0.05) is 6.07 Å².